The second-order valence-corrected chi connectivity index (χ2v) is 8.40. The molecule has 0 bridgehead atoms. The van der Waals surface area contributed by atoms with Gasteiger partial charge in [0.1, 0.15) is 0 Å². The molecule has 2 aromatic carbocycles. The topological polar surface area (TPSA) is 32.3 Å². The van der Waals surface area contributed by atoms with E-state index < -0.39 is 0 Å². The zero-order valence-corrected chi connectivity index (χ0v) is 17.1. The number of hydrogen-bond donors (Lipinski definition) is 1. The number of hydrogen-bond acceptors (Lipinski definition) is 4. The molecule has 3 aromatic rings. The van der Waals surface area contributed by atoms with Gasteiger partial charge in [0.25, 0.3) is 0 Å². The molecule has 0 unspecified atom stereocenters. The highest BCUT2D eigenvalue weighted by Crippen LogP contribution is 2.37. The first-order valence-electron chi connectivity index (χ1n) is 10.2. The fourth-order valence-corrected chi connectivity index (χ4v) is 5.49. The SMILES string of the molecule is CCN(CC)CCNc1cc2c(=O)c3ccccc3sc2c2c1CCCC2. The number of rotatable bonds is 6. The quantitative estimate of drug-likeness (QED) is 0.608. The summed E-state index contributed by atoms with van der Waals surface area (Å²) in [5.41, 5.74) is 4.22. The van der Waals surface area contributed by atoms with E-state index in [0.717, 1.165) is 54.5 Å². The molecule has 27 heavy (non-hydrogen) atoms. The first-order chi connectivity index (χ1) is 13.2. The van der Waals surface area contributed by atoms with Crippen LogP contribution in [0, 0.1) is 0 Å². The van der Waals surface area contributed by atoms with E-state index in [-0.39, 0.29) is 5.43 Å². The fraction of sp³-hybridized carbons (Fsp3) is 0.435. The molecule has 3 nitrogen and oxygen atoms in total. The molecule has 1 aliphatic carbocycles. The van der Waals surface area contributed by atoms with E-state index in [1.54, 1.807) is 11.3 Å². The van der Waals surface area contributed by atoms with Gasteiger partial charge in [0.2, 0.25) is 0 Å². The number of benzene rings is 2. The molecule has 1 aromatic heterocycles. The van der Waals surface area contributed by atoms with Crippen LogP contribution in [0.1, 0.15) is 37.8 Å². The van der Waals surface area contributed by atoms with Crippen molar-refractivity contribution in [3.63, 3.8) is 0 Å². The second-order valence-electron chi connectivity index (χ2n) is 7.35. The van der Waals surface area contributed by atoms with Crippen LogP contribution in [0.4, 0.5) is 5.69 Å². The minimum absolute atomic E-state index is 0.180. The highest BCUT2D eigenvalue weighted by atomic mass is 32.1. The van der Waals surface area contributed by atoms with E-state index in [1.807, 2.05) is 18.2 Å². The average Bonchev–Trinajstić information content (AvgIpc) is 2.72. The molecule has 1 heterocycles. The van der Waals surface area contributed by atoms with Crippen molar-refractivity contribution in [1.82, 2.24) is 4.90 Å². The lowest BCUT2D eigenvalue weighted by molar-refractivity contribution is 0.316. The molecule has 0 radical (unpaired) electrons. The maximum Gasteiger partial charge on any atom is 0.195 e. The summed E-state index contributed by atoms with van der Waals surface area (Å²) in [6.45, 7) is 8.52. The van der Waals surface area contributed by atoms with Gasteiger partial charge in [0, 0.05) is 38.9 Å². The third kappa shape index (κ3) is 3.48. The molecule has 0 saturated heterocycles. The van der Waals surface area contributed by atoms with Crippen LogP contribution < -0.4 is 10.7 Å². The molecule has 0 amide bonds. The molecular formula is C23H28N2OS. The smallest absolute Gasteiger partial charge is 0.195 e. The predicted octanol–water partition coefficient (Wildman–Crippen LogP) is 5.05. The van der Waals surface area contributed by atoms with Crippen LogP contribution in [-0.2, 0) is 12.8 Å². The Hall–Kier alpha value is -1.91. The second kappa shape index (κ2) is 7.99. The Bertz CT molecular complexity index is 1020. The van der Waals surface area contributed by atoms with Crippen molar-refractivity contribution in [3.05, 3.63) is 51.7 Å². The third-order valence-electron chi connectivity index (χ3n) is 5.83. The molecular weight excluding hydrogens is 352 g/mol. The highest BCUT2D eigenvalue weighted by Gasteiger charge is 2.19. The number of nitrogens with one attached hydrogen (secondary N) is 1. The molecule has 0 fully saturated rings. The number of aryl methyl sites for hydroxylation is 1. The van der Waals surface area contributed by atoms with Gasteiger partial charge in [-0.25, -0.2) is 0 Å². The van der Waals surface area contributed by atoms with Crippen molar-refractivity contribution in [2.75, 3.05) is 31.5 Å². The van der Waals surface area contributed by atoms with Crippen LogP contribution in [0.2, 0.25) is 0 Å². The zero-order chi connectivity index (χ0) is 18.8. The van der Waals surface area contributed by atoms with Crippen LogP contribution in [0.15, 0.2) is 35.1 Å². The first kappa shape index (κ1) is 18.5. The van der Waals surface area contributed by atoms with Crippen molar-refractivity contribution < 1.29 is 0 Å². The van der Waals surface area contributed by atoms with Gasteiger partial charge in [0.15, 0.2) is 5.43 Å². The van der Waals surface area contributed by atoms with Crippen LogP contribution in [0.25, 0.3) is 20.2 Å². The standard InChI is InChI=1S/C23H28N2OS/c1-3-25(4-2)14-13-24-20-15-19-22(26)18-11-7-8-12-21(18)27-23(19)17-10-6-5-9-16(17)20/h7-8,11-12,15,24H,3-6,9-10,13-14H2,1-2H3. The Morgan fingerprint density at radius 1 is 1.04 bits per heavy atom. The molecule has 142 valence electrons. The predicted molar refractivity (Wildman–Crippen MR) is 119 cm³/mol. The molecule has 4 heteroatoms. The fourth-order valence-electron chi connectivity index (χ4n) is 4.24. The lowest BCUT2D eigenvalue weighted by Gasteiger charge is -2.24. The minimum Gasteiger partial charge on any atom is -0.384 e. The van der Waals surface area contributed by atoms with Crippen LogP contribution >= 0.6 is 11.3 Å². The third-order valence-corrected chi connectivity index (χ3v) is 7.07. The van der Waals surface area contributed by atoms with E-state index >= 15 is 0 Å². The Kier molecular flexibility index (Phi) is 5.46. The number of fused-ring (bicyclic) bond motifs is 4. The highest BCUT2D eigenvalue weighted by molar-refractivity contribution is 7.24. The van der Waals surface area contributed by atoms with Gasteiger partial charge >= 0.3 is 0 Å². The van der Waals surface area contributed by atoms with Gasteiger partial charge in [-0.3, -0.25) is 4.79 Å². The lowest BCUT2D eigenvalue weighted by Crippen LogP contribution is -2.29. The Balaban J connectivity index is 1.81. The summed E-state index contributed by atoms with van der Waals surface area (Å²) in [5, 5.41) is 5.40. The molecule has 0 saturated carbocycles. The summed E-state index contributed by atoms with van der Waals surface area (Å²) in [5.74, 6) is 0. The maximum atomic E-state index is 13.2. The van der Waals surface area contributed by atoms with Gasteiger partial charge in [0.05, 0.1) is 0 Å². The normalized spacial score (nSPS) is 14.0. The van der Waals surface area contributed by atoms with Gasteiger partial charge in [-0.05, 0) is 68.1 Å². The van der Waals surface area contributed by atoms with Crippen molar-refractivity contribution in [2.24, 2.45) is 0 Å². The average molecular weight is 381 g/mol. The molecule has 1 N–H and O–H groups in total. The van der Waals surface area contributed by atoms with Gasteiger partial charge in [-0.15, -0.1) is 11.3 Å². The van der Waals surface area contributed by atoms with Crippen molar-refractivity contribution in [2.45, 2.75) is 39.5 Å². The largest absolute Gasteiger partial charge is 0.384 e. The summed E-state index contributed by atoms with van der Waals surface area (Å²) in [4.78, 5) is 15.6. The number of nitrogens with zero attached hydrogens (tertiary/aromatic N) is 1. The van der Waals surface area contributed by atoms with Crippen LogP contribution in [0.5, 0.6) is 0 Å². The van der Waals surface area contributed by atoms with Crippen molar-refractivity contribution >= 4 is 37.2 Å². The molecule has 1 aliphatic rings. The Morgan fingerprint density at radius 3 is 2.56 bits per heavy atom. The van der Waals surface area contributed by atoms with Crippen LogP contribution in [0.3, 0.4) is 0 Å². The monoisotopic (exact) mass is 380 g/mol. The van der Waals surface area contributed by atoms with Gasteiger partial charge < -0.3 is 10.2 Å². The molecule has 0 atom stereocenters. The summed E-state index contributed by atoms with van der Waals surface area (Å²) < 4.78 is 2.31. The van der Waals surface area contributed by atoms with E-state index in [2.05, 4.69) is 36.2 Å². The zero-order valence-electron chi connectivity index (χ0n) is 16.3. The summed E-state index contributed by atoms with van der Waals surface area (Å²) in [6, 6.07) is 10.2. The molecule has 0 aliphatic heterocycles. The van der Waals surface area contributed by atoms with E-state index in [9.17, 15) is 4.79 Å². The van der Waals surface area contributed by atoms with E-state index in [1.165, 1.54) is 34.4 Å². The summed E-state index contributed by atoms with van der Waals surface area (Å²) >= 11 is 1.79. The Labute approximate surface area is 165 Å². The lowest BCUT2D eigenvalue weighted by atomic mass is 9.89. The van der Waals surface area contributed by atoms with Crippen molar-refractivity contribution in [1.29, 1.82) is 0 Å². The van der Waals surface area contributed by atoms with Gasteiger partial charge in [-0.1, -0.05) is 26.0 Å². The van der Waals surface area contributed by atoms with E-state index in [4.69, 9.17) is 0 Å². The first-order valence-corrected chi connectivity index (χ1v) is 11.0. The summed E-state index contributed by atoms with van der Waals surface area (Å²) in [6.07, 6.45) is 4.67. The summed E-state index contributed by atoms with van der Waals surface area (Å²) in [7, 11) is 0. The molecule has 0 spiro atoms. The van der Waals surface area contributed by atoms with Crippen LogP contribution in [-0.4, -0.2) is 31.1 Å². The maximum absolute atomic E-state index is 13.2. The molecule has 4 rings (SSSR count). The number of likely N-dealkylation sites (N-methyl/N-ethyl adjacent to an activating group) is 1. The van der Waals surface area contributed by atoms with Gasteiger partial charge in [-0.2, -0.15) is 0 Å². The minimum atomic E-state index is 0.180. The Morgan fingerprint density at radius 2 is 1.78 bits per heavy atom. The number of anilines is 1. The van der Waals surface area contributed by atoms with E-state index in [0.29, 0.717) is 0 Å². The van der Waals surface area contributed by atoms with Crippen molar-refractivity contribution in [3.8, 4) is 0 Å².